The van der Waals surface area contributed by atoms with Crippen molar-refractivity contribution >= 4 is 15.9 Å². The van der Waals surface area contributed by atoms with E-state index in [1.807, 2.05) is 20.8 Å². The molecule has 19 heavy (non-hydrogen) atoms. The fourth-order valence-electron chi connectivity index (χ4n) is 2.25. The molecule has 0 aliphatic carbocycles. The highest BCUT2D eigenvalue weighted by Crippen LogP contribution is 2.20. The van der Waals surface area contributed by atoms with Crippen LogP contribution in [0.25, 0.3) is 0 Å². The van der Waals surface area contributed by atoms with E-state index in [1.165, 1.54) is 4.31 Å². The number of carbonyl (C=O) groups excluding carboxylic acids is 1. The normalized spacial score (nSPS) is 20.2. The zero-order valence-electron chi connectivity index (χ0n) is 12.2. The summed E-state index contributed by atoms with van der Waals surface area (Å²) in [6, 6.07) is 0.189. The van der Waals surface area contributed by atoms with E-state index in [9.17, 15) is 13.2 Å². The highest BCUT2D eigenvalue weighted by Gasteiger charge is 2.30. The van der Waals surface area contributed by atoms with E-state index in [4.69, 9.17) is 0 Å². The molecule has 0 aromatic heterocycles. The van der Waals surface area contributed by atoms with Crippen molar-refractivity contribution in [3.05, 3.63) is 0 Å². The maximum Gasteiger partial charge on any atom is 0.223 e. The fourth-order valence-corrected chi connectivity index (χ4v) is 3.79. The number of hydrogen-bond acceptors (Lipinski definition) is 3. The zero-order chi connectivity index (χ0) is 14.5. The number of hydrogen-bond donors (Lipinski definition) is 1. The van der Waals surface area contributed by atoms with Gasteiger partial charge in [-0.05, 0) is 32.6 Å². The molecule has 1 amide bonds. The van der Waals surface area contributed by atoms with Crippen LogP contribution >= 0.6 is 0 Å². The van der Waals surface area contributed by atoms with Gasteiger partial charge in [-0.25, -0.2) is 12.7 Å². The first-order valence-corrected chi connectivity index (χ1v) is 8.79. The van der Waals surface area contributed by atoms with Crippen LogP contribution < -0.4 is 5.32 Å². The summed E-state index contributed by atoms with van der Waals surface area (Å²) in [5.74, 6) is 0.237. The van der Waals surface area contributed by atoms with E-state index in [-0.39, 0.29) is 23.6 Å². The van der Waals surface area contributed by atoms with Gasteiger partial charge >= 0.3 is 0 Å². The molecule has 0 saturated carbocycles. The minimum atomic E-state index is -3.11. The van der Waals surface area contributed by atoms with Crippen LogP contribution in [-0.2, 0) is 14.8 Å². The molecule has 0 unspecified atom stereocenters. The van der Waals surface area contributed by atoms with Crippen LogP contribution in [0.5, 0.6) is 0 Å². The molecule has 0 radical (unpaired) electrons. The fraction of sp³-hybridized carbons (Fsp3) is 0.923. The zero-order valence-corrected chi connectivity index (χ0v) is 13.0. The van der Waals surface area contributed by atoms with E-state index in [2.05, 4.69) is 5.32 Å². The van der Waals surface area contributed by atoms with Crippen molar-refractivity contribution in [2.75, 3.05) is 18.8 Å². The summed E-state index contributed by atoms with van der Waals surface area (Å²) >= 11 is 0. The third-order valence-corrected chi connectivity index (χ3v) is 5.76. The lowest BCUT2D eigenvalue weighted by molar-refractivity contribution is -0.126. The molecule has 1 heterocycles. The number of piperidine rings is 1. The summed E-state index contributed by atoms with van der Waals surface area (Å²) in [6.45, 7) is 6.83. The molecule has 1 rings (SSSR count). The van der Waals surface area contributed by atoms with Crippen LogP contribution in [0.1, 0.15) is 46.5 Å². The molecule has 1 atom stereocenters. The van der Waals surface area contributed by atoms with Crippen molar-refractivity contribution in [2.24, 2.45) is 5.92 Å². The largest absolute Gasteiger partial charge is 0.353 e. The highest BCUT2D eigenvalue weighted by molar-refractivity contribution is 7.89. The second kappa shape index (κ2) is 7.24. The number of carbonyl (C=O) groups is 1. The van der Waals surface area contributed by atoms with Crippen LogP contribution in [0.15, 0.2) is 0 Å². The van der Waals surface area contributed by atoms with Crippen molar-refractivity contribution in [1.82, 2.24) is 9.62 Å². The second-order valence-corrected chi connectivity index (χ2v) is 7.40. The predicted molar refractivity (Wildman–Crippen MR) is 76.3 cm³/mol. The smallest absolute Gasteiger partial charge is 0.223 e. The average molecular weight is 290 g/mol. The monoisotopic (exact) mass is 290 g/mol. The lowest BCUT2D eigenvalue weighted by atomic mass is 9.97. The van der Waals surface area contributed by atoms with Crippen LogP contribution in [-0.4, -0.2) is 43.5 Å². The van der Waals surface area contributed by atoms with Crippen molar-refractivity contribution in [2.45, 2.75) is 52.5 Å². The third kappa shape index (κ3) is 4.76. The molecular formula is C13H26N2O3S. The molecule has 1 saturated heterocycles. The first kappa shape index (κ1) is 16.4. The predicted octanol–water partition coefficient (Wildman–Crippen LogP) is 1.35. The molecule has 5 nitrogen and oxygen atoms in total. The molecule has 112 valence electrons. The molecular weight excluding hydrogens is 264 g/mol. The van der Waals surface area contributed by atoms with Crippen LogP contribution in [0.3, 0.4) is 0 Å². The molecule has 1 aliphatic heterocycles. The minimum Gasteiger partial charge on any atom is -0.353 e. The van der Waals surface area contributed by atoms with Gasteiger partial charge in [-0.2, -0.15) is 0 Å². The SMILES string of the molecule is CCCS(=O)(=O)N1CCC(C(=O)N[C@@H](C)CC)CC1. The first-order valence-electron chi connectivity index (χ1n) is 7.18. The van der Waals surface area contributed by atoms with Gasteiger partial charge in [0.15, 0.2) is 0 Å². The van der Waals surface area contributed by atoms with Gasteiger partial charge < -0.3 is 5.32 Å². The maximum atomic E-state index is 12.0. The lowest BCUT2D eigenvalue weighted by Gasteiger charge is -2.31. The Hall–Kier alpha value is -0.620. The molecule has 0 aromatic rings. The lowest BCUT2D eigenvalue weighted by Crippen LogP contribution is -2.45. The maximum absolute atomic E-state index is 12.0. The Morgan fingerprint density at radius 3 is 2.37 bits per heavy atom. The van der Waals surface area contributed by atoms with Crippen molar-refractivity contribution < 1.29 is 13.2 Å². The molecule has 1 N–H and O–H groups in total. The Bertz CT molecular complexity index is 387. The van der Waals surface area contributed by atoms with Crippen molar-refractivity contribution in [1.29, 1.82) is 0 Å². The average Bonchev–Trinajstić information content (AvgIpc) is 2.38. The van der Waals surface area contributed by atoms with Gasteiger partial charge in [0.25, 0.3) is 0 Å². The van der Waals surface area contributed by atoms with E-state index >= 15 is 0 Å². The first-order chi connectivity index (χ1) is 8.90. The molecule has 0 spiro atoms. The minimum absolute atomic E-state index is 0.0397. The van der Waals surface area contributed by atoms with Crippen molar-refractivity contribution in [3.8, 4) is 0 Å². The summed E-state index contributed by atoms with van der Waals surface area (Å²) < 4.78 is 25.4. The van der Waals surface area contributed by atoms with Gasteiger partial charge in [-0.15, -0.1) is 0 Å². The van der Waals surface area contributed by atoms with Gasteiger partial charge in [-0.3, -0.25) is 4.79 Å². The van der Waals surface area contributed by atoms with Crippen molar-refractivity contribution in [3.63, 3.8) is 0 Å². The molecule has 0 bridgehead atoms. The van der Waals surface area contributed by atoms with Gasteiger partial charge in [0.05, 0.1) is 5.75 Å². The number of nitrogens with zero attached hydrogens (tertiary/aromatic N) is 1. The van der Waals surface area contributed by atoms with E-state index < -0.39 is 10.0 Å². The van der Waals surface area contributed by atoms with Gasteiger partial charge in [0.2, 0.25) is 15.9 Å². The van der Waals surface area contributed by atoms with Gasteiger partial charge in [-0.1, -0.05) is 13.8 Å². The van der Waals surface area contributed by atoms with E-state index in [0.29, 0.717) is 32.4 Å². The summed E-state index contributed by atoms with van der Waals surface area (Å²) in [7, 11) is -3.11. The van der Waals surface area contributed by atoms with Crippen LogP contribution in [0.2, 0.25) is 0 Å². The summed E-state index contributed by atoms with van der Waals surface area (Å²) in [5.41, 5.74) is 0. The Labute approximate surface area is 116 Å². The topological polar surface area (TPSA) is 66.5 Å². The van der Waals surface area contributed by atoms with E-state index in [0.717, 1.165) is 6.42 Å². The summed E-state index contributed by atoms with van der Waals surface area (Å²) in [4.78, 5) is 12.0. The Balaban J connectivity index is 2.47. The third-order valence-electron chi connectivity index (χ3n) is 3.68. The van der Waals surface area contributed by atoms with Crippen LogP contribution in [0.4, 0.5) is 0 Å². The number of nitrogens with one attached hydrogen (secondary N) is 1. The van der Waals surface area contributed by atoms with Gasteiger partial charge in [0.1, 0.15) is 0 Å². The second-order valence-electron chi connectivity index (χ2n) is 5.31. The molecule has 1 aliphatic rings. The quantitative estimate of drug-likeness (QED) is 0.803. The van der Waals surface area contributed by atoms with Gasteiger partial charge in [0, 0.05) is 25.0 Å². The Morgan fingerprint density at radius 1 is 1.32 bits per heavy atom. The molecule has 6 heteroatoms. The molecule has 1 fully saturated rings. The number of rotatable bonds is 6. The molecule has 0 aromatic carbocycles. The summed E-state index contributed by atoms with van der Waals surface area (Å²) in [6.07, 6.45) is 2.81. The van der Waals surface area contributed by atoms with Crippen LogP contribution in [0, 0.1) is 5.92 Å². The Morgan fingerprint density at radius 2 is 1.89 bits per heavy atom. The Kier molecular flexibility index (Phi) is 6.26. The number of amides is 1. The number of sulfonamides is 1. The summed E-state index contributed by atoms with van der Waals surface area (Å²) in [5, 5.41) is 2.97. The van der Waals surface area contributed by atoms with E-state index in [1.54, 1.807) is 0 Å². The highest BCUT2D eigenvalue weighted by atomic mass is 32.2. The standard InChI is InChI=1S/C13H26N2O3S/c1-4-10-19(17,18)15-8-6-12(7-9-15)13(16)14-11(3)5-2/h11-12H,4-10H2,1-3H3,(H,14,16)/t11-/m0/s1.